The van der Waals surface area contributed by atoms with Crippen LogP contribution in [0.2, 0.25) is 0 Å². The van der Waals surface area contributed by atoms with Crippen LogP contribution in [0, 0.1) is 6.92 Å². The lowest BCUT2D eigenvalue weighted by Crippen LogP contribution is -2.37. The highest BCUT2D eigenvalue weighted by Gasteiger charge is 2.30. The third-order valence-corrected chi connectivity index (χ3v) is 5.42. The van der Waals surface area contributed by atoms with Crippen LogP contribution >= 0.6 is 0 Å². The van der Waals surface area contributed by atoms with Crippen molar-refractivity contribution in [1.82, 2.24) is 9.78 Å². The van der Waals surface area contributed by atoms with E-state index >= 15 is 0 Å². The summed E-state index contributed by atoms with van der Waals surface area (Å²) in [4.78, 5) is 39.4. The molecule has 1 atom stereocenters. The number of hydrogen-bond donors (Lipinski definition) is 1. The molecule has 158 valence electrons. The van der Waals surface area contributed by atoms with E-state index in [4.69, 9.17) is 0 Å². The Bertz CT molecular complexity index is 1180. The van der Waals surface area contributed by atoms with E-state index in [1.165, 1.54) is 16.8 Å². The summed E-state index contributed by atoms with van der Waals surface area (Å²) in [5, 5.41) is 6.94. The molecule has 0 saturated heterocycles. The zero-order valence-electron chi connectivity index (χ0n) is 17.5. The number of fused-ring (bicyclic) bond motifs is 1. The van der Waals surface area contributed by atoms with Gasteiger partial charge in [0.2, 0.25) is 5.91 Å². The summed E-state index contributed by atoms with van der Waals surface area (Å²) < 4.78 is 1.18. The molecule has 1 aliphatic heterocycles. The van der Waals surface area contributed by atoms with Crippen LogP contribution in [-0.4, -0.2) is 27.6 Å². The van der Waals surface area contributed by atoms with Gasteiger partial charge in [0, 0.05) is 29.9 Å². The average molecular weight is 416 g/mol. The van der Waals surface area contributed by atoms with E-state index in [0.717, 1.165) is 23.2 Å². The number of aromatic nitrogens is 2. The van der Waals surface area contributed by atoms with Crippen molar-refractivity contribution in [2.75, 3.05) is 10.2 Å². The summed E-state index contributed by atoms with van der Waals surface area (Å²) in [7, 11) is 0. The summed E-state index contributed by atoms with van der Waals surface area (Å²) in [6.45, 7) is 4.08. The Morgan fingerprint density at radius 2 is 1.81 bits per heavy atom. The number of rotatable bonds is 5. The molecule has 1 aliphatic rings. The highest BCUT2D eigenvalue weighted by atomic mass is 16.2. The highest BCUT2D eigenvalue weighted by molar-refractivity contribution is 6.02. The molecule has 0 aliphatic carbocycles. The highest BCUT2D eigenvalue weighted by Crippen LogP contribution is 2.32. The number of para-hydroxylation sites is 1. The maximum atomic E-state index is 12.9. The molecule has 4 rings (SSSR count). The van der Waals surface area contributed by atoms with Crippen LogP contribution in [0.1, 0.15) is 35.0 Å². The van der Waals surface area contributed by atoms with E-state index in [-0.39, 0.29) is 36.2 Å². The molecule has 0 unspecified atom stereocenters. The minimum absolute atomic E-state index is 0.0688. The number of carbonyl (C=O) groups is 2. The first-order chi connectivity index (χ1) is 14.9. The van der Waals surface area contributed by atoms with Gasteiger partial charge in [-0.15, -0.1) is 0 Å². The lowest BCUT2D eigenvalue weighted by molar-refractivity contribution is -0.119. The van der Waals surface area contributed by atoms with Gasteiger partial charge in [-0.05, 0) is 50.1 Å². The summed E-state index contributed by atoms with van der Waals surface area (Å²) in [6.07, 6.45) is 0.934. The Labute approximate surface area is 180 Å². The fourth-order valence-electron chi connectivity index (χ4n) is 3.83. The van der Waals surface area contributed by atoms with Gasteiger partial charge in [0.25, 0.3) is 11.5 Å². The van der Waals surface area contributed by atoms with E-state index in [9.17, 15) is 14.4 Å². The van der Waals surface area contributed by atoms with Crippen LogP contribution in [-0.2, 0) is 17.8 Å². The molecule has 0 radical (unpaired) electrons. The minimum Gasteiger partial charge on any atom is -0.321 e. The van der Waals surface area contributed by atoms with Gasteiger partial charge in [-0.1, -0.05) is 35.9 Å². The lowest BCUT2D eigenvalue weighted by Gasteiger charge is -2.22. The van der Waals surface area contributed by atoms with Crippen LogP contribution < -0.4 is 15.8 Å². The van der Waals surface area contributed by atoms with Crippen LogP contribution in [0.4, 0.5) is 11.4 Å². The monoisotopic (exact) mass is 416 g/mol. The lowest BCUT2D eigenvalue weighted by atomic mass is 10.1. The second-order valence-electron chi connectivity index (χ2n) is 7.80. The molecule has 1 aromatic heterocycles. The van der Waals surface area contributed by atoms with Gasteiger partial charge in [-0.3, -0.25) is 14.4 Å². The smallest absolute Gasteiger partial charge is 0.276 e. The van der Waals surface area contributed by atoms with Gasteiger partial charge in [0.1, 0.15) is 5.69 Å². The standard InChI is InChI=1S/C24H24N4O3/c1-16-7-9-19(10-8-16)25-24(31)20-11-12-22(29)27(26-20)14-13-23(30)28-17(2)15-18-5-3-4-6-21(18)28/h3-12,17H,13-15H2,1-2H3,(H,25,31)/t17-/m1/s1. The third-order valence-electron chi connectivity index (χ3n) is 5.42. The Morgan fingerprint density at radius 1 is 1.06 bits per heavy atom. The van der Waals surface area contributed by atoms with Gasteiger partial charge >= 0.3 is 0 Å². The van der Waals surface area contributed by atoms with Gasteiger partial charge in [0.05, 0.1) is 6.54 Å². The molecule has 7 heteroatoms. The van der Waals surface area contributed by atoms with Crippen molar-refractivity contribution < 1.29 is 9.59 Å². The number of nitrogens with zero attached hydrogens (tertiary/aromatic N) is 3. The Hall–Kier alpha value is -3.74. The maximum Gasteiger partial charge on any atom is 0.276 e. The Balaban J connectivity index is 1.45. The molecule has 0 saturated carbocycles. The van der Waals surface area contributed by atoms with Crippen LogP contribution in [0.5, 0.6) is 0 Å². The molecule has 2 amide bonds. The van der Waals surface area contributed by atoms with Crippen molar-refractivity contribution in [2.24, 2.45) is 0 Å². The van der Waals surface area contributed by atoms with Crippen molar-refractivity contribution in [3.05, 3.63) is 87.8 Å². The number of amides is 2. The predicted octanol–water partition coefficient (Wildman–Crippen LogP) is 3.17. The van der Waals surface area contributed by atoms with Crippen LogP contribution in [0.3, 0.4) is 0 Å². The second-order valence-corrected chi connectivity index (χ2v) is 7.80. The molecule has 0 fully saturated rings. The number of anilines is 2. The van der Waals surface area contributed by atoms with Crippen LogP contribution in [0.25, 0.3) is 0 Å². The van der Waals surface area contributed by atoms with Crippen molar-refractivity contribution in [3.8, 4) is 0 Å². The fraction of sp³-hybridized carbons (Fsp3) is 0.250. The summed E-state index contributed by atoms with van der Waals surface area (Å²) in [6, 6.07) is 18.0. The second kappa shape index (κ2) is 8.55. The van der Waals surface area contributed by atoms with Gasteiger partial charge in [0.15, 0.2) is 0 Å². The first-order valence-corrected chi connectivity index (χ1v) is 10.3. The van der Waals surface area contributed by atoms with Gasteiger partial charge in [-0.25, -0.2) is 4.68 Å². The summed E-state index contributed by atoms with van der Waals surface area (Å²) in [5.74, 6) is -0.480. The first-order valence-electron chi connectivity index (χ1n) is 10.3. The minimum atomic E-state index is -0.411. The molecular formula is C24H24N4O3. The largest absolute Gasteiger partial charge is 0.321 e. The number of aryl methyl sites for hydroxylation is 2. The molecule has 0 spiro atoms. The maximum absolute atomic E-state index is 12.9. The van der Waals surface area contributed by atoms with E-state index in [2.05, 4.69) is 10.4 Å². The van der Waals surface area contributed by atoms with Gasteiger partial charge < -0.3 is 10.2 Å². The van der Waals surface area contributed by atoms with Crippen molar-refractivity contribution in [3.63, 3.8) is 0 Å². The predicted molar refractivity (Wildman–Crippen MR) is 119 cm³/mol. The van der Waals surface area contributed by atoms with Crippen molar-refractivity contribution in [2.45, 2.75) is 39.3 Å². The number of hydrogen-bond acceptors (Lipinski definition) is 4. The zero-order chi connectivity index (χ0) is 22.0. The zero-order valence-corrected chi connectivity index (χ0v) is 17.5. The number of nitrogens with one attached hydrogen (secondary N) is 1. The topological polar surface area (TPSA) is 84.3 Å². The molecule has 7 nitrogen and oxygen atoms in total. The molecule has 3 aromatic rings. The van der Waals surface area contributed by atoms with Crippen molar-refractivity contribution in [1.29, 1.82) is 0 Å². The van der Waals surface area contributed by atoms with E-state index < -0.39 is 5.91 Å². The average Bonchev–Trinajstić information content (AvgIpc) is 3.10. The number of carbonyl (C=O) groups excluding carboxylic acids is 2. The van der Waals surface area contributed by atoms with Crippen LogP contribution in [0.15, 0.2) is 65.5 Å². The molecule has 2 aromatic carbocycles. The van der Waals surface area contributed by atoms with Gasteiger partial charge in [-0.2, -0.15) is 5.10 Å². The summed E-state index contributed by atoms with van der Waals surface area (Å²) >= 11 is 0. The fourth-order valence-corrected chi connectivity index (χ4v) is 3.83. The first kappa shape index (κ1) is 20.5. The molecule has 1 N–H and O–H groups in total. The number of benzene rings is 2. The Kier molecular flexibility index (Phi) is 5.66. The molecular weight excluding hydrogens is 392 g/mol. The molecule has 31 heavy (non-hydrogen) atoms. The van der Waals surface area contributed by atoms with Crippen molar-refractivity contribution >= 4 is 23.2 Å². The summed E-state index contributed by atoms with van der Waals surface area (Å²) in [5.41, 5.74) is 3.57. The SMILES string of the molecule is Cc1ccc(NC(=O)c2ccc(=O)n(CCC(=O)N3c4ccccc4C[C@H]3C)n2)cc1. The van der Waals surface area contributed by atoms with E-state index in [1.54, 1.807) is 17.0 Å². The van der Waals surface area contributed by atoms with E-state index in [1.807, 2.05) is 50.2 Å². The third kappa shape index (κ3) is 4.40. The molecule has 0 bridgehead atoms. The van der Waals surface area contributed by atoms with E-state index in [0.29, 0.717) is 5.69 Å². The molecule has 2 heterocycles. The normalized spacial score (nSPS) is 14.9. The Morgan fingerprint density at radius 3 is 2.58 bits per heavy atom. The quantitative estimate of drug-likeness (QED) is 0.692.